The van der Waals surface area contributed by atoms with Crippen molar-refractivity contribution < 1.29 is 4.44 Å². The van der Waals surface area contributed by atoms with Crippen molar-refractivity contribution >= 4 is 25.8 Å². The molecule has 0 aromatic heterocycles. The molecule has 0 aliphatic heterocycles. The number of hydrogen-bond donors (Lipinski definition) is 0. The van der Waals surface area contributed by atoms with Gasteiger partial charge in [0, 0.05) is 0 Å². The topological polar surface area (TPSA) is 9.23 Å². The van der Waals surface area contributed by atoms with Gasteiger partial charge in [-0.15, -0.1) is 9.12 Å². The second-order valence-electron chi connectivity index (χ2n) is 0.333. The van der Waals surface area contributed by atoms with Crippen molar-refractivity contribution in [3.05, 3.63) is 0 Å². The Labute approximate surface area is 31.2 Å². The van der Waals surface area contributed by atoms with E-state index in [2.05, 4.69) is 23.0 Å². The maximum atomic E-state index is 4.42. The van der Waals surface area contributed by atoms with E-state index in [1.807, 2.05) is 0 Å². The summed E-state index contributed by atoms with van der Waals surface area (Å²) in [6, 6.07) is 0. The molecule has 0 fully saturated rings. The molecule has 2 unspecified atom stereocenters. The van der Waals surface area contributed by atoms with Gasteiger partial charge in [-0.3, -0.25) is 0 Å². The van der Waals surface area contributed by atoms with Gasteiger partial charge >= 0.3 is 7.20 Å². The van der Waals surface area contributed by atoms with Crippen LogP contribution in [0.5, 0.6) is 0 Å². The van der Waals surface area contributed by atoms with Gasteiger partial charge in [0.2, 0.25) is 0 Å². The summed E-state index contributed by atoms with van der Waals surface area (Å²) in [5, 5.41) is 0. The normalized spacial score (nSPS) is 6.50. The van der Waals surface area contributed by atoms with Crippen molar-refractivity contribution in [3.8, 4) is 0 Å². The monoisotopic (exact) mass is 94.0 g/mol. The van der Waals surface area contributed by atoms with Gasteiger partial charge < -0.3 is 4.44 Å². The maximum absolute atomic E-state index is 4.42. The molecule has 4 heavy (non-hydrogen) atoms. The predicted molar refractivity (Wildman–Crippen MR) is 27.7 cm³/mol. The van der Waals surface area contributed by atoms with Crippen LogP contribution in [0.4, 0.5) is 0 Å². The van der Waals surface area contributed by atoms with Crippen LogP contribution < -0.4 is 0 Å². The van der Waals surface area contributed by atoms with Crippen molar-refractivity contribution in [1.29, 1.82) is 0 Å². The third-order valence-corrected chi connectivity index (χ3v) is 0.866. The average Bonchev–Trinajstić information content (AvgIpc) is 1.37. The van der Waals surface area contributed by atoms with E-state index < -0.39 is 0 Å². The minimum absolute atomic E-state index is 0.699. The molecule has 1 nitrogen and oxygen atoms in total. The lowest BCUT2D eigenvalue weighted by Gasteiger charge is -1.72. The molecule has 0 aliphatic rings. The Balaban J connectivity index is 1.97. The highest BCUT2D eigenvalue weighted by Gasteiger charge is 1.60. The molecular weight excluding hydrogens is 88.8 g/mol. The quantitative estimate of drug-likeness (QED) is 0.326. The van der Waals surface area contributed by atoms with Crippen LogP contribution in [0.15, 0.2) is 0 Å². The van der Waals surface area contributed by atoms with Crippen molar-refractivity contribution in [2.24, 2.45) is 0 Å². The van der Waals surface area contributed by atoms with Gasteiger partial charge in [-0.1, -0.05) is 0 Å². The molecule has 24 valence electrons. The van der Waals surface area contributed by atoms with Crippen molar-refractivity contribution in [2.75, 3.05) is 0 Å². The minimum atomic E-state index is 0.699. The van der Waals surface area contributed by atoms with E-state index in [9.17, 15) is 0 Å². The fraction of sp³-hybridized carbons (Fsp3) is 0. The van der Waals surface area contributed by atoms with Crippen LogP contribution in [0.3, 0.4) is 0 Å². The summed E-state index contributed by atoms with van der Waals surface area (Å²) in [6.45, 7) is 0. The lowest BCUT2D eigenvalue weighted by molar-refractivity contribution is 0.719. The van der Waals surface area contributed by atoms with Crippen LogP contribution in [-0.2, 0) is 4.44 Å². The predicted octanol–water partition coefficient (Wildman–Crippen LogP) is -0.0653. The van der Waals surface area contributed by atoms with E-state index in [-0.39, 0.29) is 0 Å². The zero-order valence-corrected chi connectivity index (χ0v) is 4.58. The highest BCUT2D eigenvalue weighted by molar-refractivity contribution is 7.55. The maximum Gasteiger partial charge on any atom is 0.301 e. The molecule has 0 bridgehead atoms. The van der Waals surface area contributed by atoms with Crippen LogP contribution >= 0.6 is 18.6 Å². The van der Waals surface area contributed by atoms with E-state index in [0.717, 1.165) is 0 Å². The van der Waals surface area contributed by atoms with Crippen molar-refractivity contribution in [3.63, 3.8) is 0 Å². The van der Waals surface area contributed by atoms with E-state index >= 15 is 0 Å². The highest BCUT2D eigenvalue weighted by atomic mass is 31.0. The number of rotatable bonds is 1. The first-order chi connectivity index (χ1) is 1.91. The molecule has 0 N–H and O–H groups in total. The largest absolute Gasteiger partial charge is 0.418 e. The van der Waals surface area contributed by atoms with Gasteiger partial charge in [-0.05, 0) is 9.47 Å². The Morgan fingerprint density at radius 2 is 2.00 bits per heavy atom. The molecule has 0 radical (unpaired) electrons. The zero-order valence-electron chi connectivity index (χ0n) is 2.27. The average molecular weight is 93.8 g/mol. The molecule has 2 atom stereocenters. The molecule has 0 aromatic carbocycles. The minimum Gasteiger partial charge on any atom is -0.418 e. The summed E-state index contributed by atoms with van der Waals surface area (Å²) in [6.07, 6.45) is 0. The molecule has 0 aliphatic carbocycles. The Bertz CT molecular complexity index is 8.00. The van der Waals surface area contributed by atoms with E-state index in [1.165, 1.54) is 0 Å². The molecule has 0 saturated heterocycles. The van der Waals surface area contributed by atoms with Crippen LogP contribution in [0.2, 0.25) is 0 Å². The van der Waals surface area contributed by atoms with Gasteiger partial charge in [0.05, 0.1) is 0 Å². The van der Waals surface area contributed by atoms with Gasteiger partial charge in [0.15, 0.2) is 0 Å². The lowest BCUT2D eigenvalue weighted by atomic mass is 10.6. The summed E-state index contributed by atoms with van der Waals surface area (Å²) in [5.41, 5.74) is 0. The second kappa shape index (κ2) is 3.88. The second-order valence-corrected chi connectivity index (χ2v) is 1.00. The first kappa shape index (κ1) is 4.88. The molecule has 4 heteroatoms. The van der Waals surface area contributed by atoms with E-state index in [0.29, 0.717) is 7.20 Å². The lowest BCUT2D eigenvalue weighted by Crippen LogP contribution is -1.64. The summed E-state index contributed by atoms with van der Waals surface area (Å²) in [4.78, 5) is 0. The fourth-order valence-corrected chi connectivity index (χ4v) is 0. The molecule has 0 rings (SSSR count). The summed E-state index contributed by atoms with van der Waals surface area (Å²) in [7, 11) is 5.25. The molecular formula is H5BOP2. The van der Waals surface area contributed by atoms with Gasteiger partial charge in [-0.25, -0.2) is 0 Å². The third kappa shape index (κ3) is 2.88. The fourth-order valence-electron chi connectivity index (χ4n) is 0. The molecule has 0 aromatic rings. The first-order valence-electron chi connectivity index (χ1n) is 0.933. The van der Waals surface area contributed by atoms with Crippen LogP contribution in [0.1, 0.15) is 0 Å². The van der Waals surface area contributed by atoms with Crippen molar-refractivity contribution in [2.45, 2.75) is 0 Å². The Morgan fingerprint density at radius 1 is 1.75 bits per heavy atom. The molecule has 0 amide bonds. The van der Waals surface area contributed by atoms with Gasteiger partial charge in [0.25, 0.3) is 0 Å². The first-order valence-corrected chi connectivity index (χ1v) is 2.22. The van der Waals surface area contributed by atoms with Crippen LogP contribution in [-0.4, -0.2) is 7.20 Å². The van der Waals surface area contributed by atoms with Crippen molar-refractivity contribution in [1.82, 2.24) is 0 Å². The summed E-state index contributed by atoms with van der Waals surface area (Å²) in [5.74, 6) is 0. The Kier molecular flexibility index (Phi) is 4.74. The zero-order chi connectivity index (χ0) is 3.41. The molecule has 0 heterocycles. The van der Waals surface area contributed by atoms with Gasteiger partial charge in [0.1, 0.15) is 0 Å². The van der Waals surface area contributed by atoms with Gasteiger partial charge in [-0.2, -0.15) is 0 Å². The SMILES string of the molecule is PBOP. The third-order valence-electron chi connectivity index (χ3n) is 0.0962. The standard InChI is InChI=1S/BH5OP2/c3-1-2-4/h1H,3-4H2. The van der Waals surface area contributed by atoms with E-state index in [1.54, 1.807) is 0 Å². The van der Waals surface area contributed by atoms with E-state index in [4.69, 9.17) is 0 Å². The smallest absolute Gasteiger partial charge is 0.301 e. The molecule has 0 saturated carbocycles. The van der Waals surface area contributed by atoms with Crippen LogP contribution in [0.25, 0.3) is 0 Å². The summed E-state index contributed by atoms with van der Waals surface area (Å²) >= 11 is 0. The summed E-state index contributed by atoms with van der Waals surface area (Å²) < 4.78 is 4.42. The van der Waals surface area contributed by atoms with Crippen LogP contribution in [0, 0.1) is 0 Å². The Hall–Kier alpha value is 0.885. The molecule has 0 spiro atoms. The highest BCUT2D eigenvalue weighted by Crippen LogP contribution is 1.83. The Morgan fingerprint density at radius 3 is 2.00 bits per heavy atom. The number of hydrogen-bond acceptors (Lipinski definition) is 1.